The number of nitrogens with zero attached hydrogens (tertiary/aromatic N) is 2. The fourth-order valence-corrected chi connectivity index (χ4v) is 1.48. The minimum atomic E-state index is 0.0234. The summed E-state index contributed by atoms with van der Waals surface area (Å²) in [4.78, 5) is 8.26. The molecular formula is C11H20N4. The molecule has 0 amide bonds. The van der Waals surface area contributed by atoms with Crippen LogP contribution in [0.1, 0.15) is 32.4 Å². The van der Waals surface area contributed by atoms with Crippen LogP contribution in [-0.4, -0.2) is 22.1 Å². The standard InChI is InChI=1S/C11H20N4/c1-4-11(3,5-6-12)15-10-7-9(2)13-8-14-10/h7-8H,4-6,12H2,1-3H3,(H,13,14,15). The van der Waals surface area contributed by atoms with Crippen molar-refractivity contribution in [2.45, 2.75) is 39.2 Å². The molecule has 1 aromatic heterocycles. The molecular weight excluding hydrogens is 188 g/mol. The second-order valence-electron chi connectivity index (χ2n) is 4.12. The number of nitrogens with one attached hydrogen (secondary N) is 1. The van der Waals surface area contributed by atoms with Crippen LogP contribution in [0.3, 0.4) is 0 Å². The first-order valence-electron chi connectivity index (χ1n) is 5.36. The second-order valence-corrected chi connectivity index (χ2v) is 4.12. The minimum absolute atomic E-state index is 0.0234. The smallest absolute Gasteiger partial charge is 0.130 e. The van der Waals surface area contributed by atoms with Crippen LogP contribution in [0, 0.1) is 6.92 Å². The van der Waals surface area contributed by atoms with E-state index < -0.39 is 0 Å². The van der Waals surface area contributed by atoms with Gasteiger partial charge in [0.05, 0.1) is 0 Å². The van der Waals surface area contributed by atoms with Crippen LogP contribution in [-0.2, 0) is 0 Å². The van der Waals surface area contributed by atoms with Crippen molar-refractivity contribution >= 4 is 5.82 Å². The van der Waals surface area contributed by atoms with E-state index in [0.717, 1.165) is 24.4 Å². The largest absolute Gasteiger partial charge is 0.365 e. The molecule has 0 bridgehead atoms. The zero-order valence-electron chi connectivity index (χ0n) is 9.75. The van der Waals surface area contributed by atoms with Crippen LogP contribution in [0.15, 0.2) is 12.4 Å². The van der Waals surface area contributed by atoms with E-state index in [0.29, 0.717) is 6.54 Å². The summed E-state index contributed by atoms with van der Waals surface area (Å²) in [5, 5.41) is 3.42. The normalized spacial score (nSPS) is 14.7. The zero-order valence-corrected chi connectivity index (χ0v) is 9.75. The first-order valence-corrected chi connectivity index (χ1v) is 5.36. The van der Waals surface area contributed by atoms with Crippen LogP contribution in [0.2, 0.25) is 0 Å². The SMILES string of the molecule is CCC(C)(CCN)Nc1cc(C)ncn1. The molecule has 1 rings (SSSR count). The molecule has 84 valence electrons. The van der Waals surface area contributed by atoms with Gasteiger partial charge in [0, 0.05) is 17.3 Å². The van der Waals surface area contributed by atoms with Gasteiger partial charge < -0.3 is 11.1 Å². The van der Waals surface area contributed by atoms with Crippen molar-refractivity contribution in [3.8, 4) is 0 Å². The molecule has 1 atom stereocenters. The third-order valence-electron chi connectivity index (χ3n) is 2.71. The number of aromatic nitrogens is 2. The van der Waals surface area contributed by atoms with Crippen molar-refractivity contribution in [2.75, 3.05) is 11.9 Å². The highest BCUT2D eigenvalue weighted by molar-refractivity contribution is 5.37. The van der Waals surface area contributed by atoms with Gasteiger partial charge in [-0.1, -0.05) is 6.92 Å². The maximum Gasteiger partial charge on any atom is 0.130 e. The van der Waals surface area contributed by atoms with E-state index >= 15 is 0 Å². The number of rotatable bonds is 5. The summed E-state index contributed by atoms with van der Waals surface area (Å²) in [7, 11) is 0. The van der Waals surface area contributed by atoms with Gasteiger partial charge in [0.15, 0.2) is 0 Å². The lowest BCUT2D eigenvalue weighted by atomic mass is 9.94. The lowest BCUT2D eigenvalue weighted by molar-refractivity contribution is 0.462. The summed E-state index contributed by atoms with van der Waals surface area (Å²) in [6.45, 7) is 6.95. The van der Waals surface area contributed by atoms with Crippen LogP contribution in [0.4, 0.5) is 5.82 Å². The van der Waals surface area contributed by atoms with Crippen LogP contribution in [0.25, 0.3) is 0 Å². The van der Waals surface area contributed by atoms with Crippen LogP contribution < -0.4 is 11.1 Å². The van der Waals surface area contributed by atoms with Crippen molar-refractivity contribution in [2.24, 2.45) is 5.73 Å². The molecule has 0 spiro atoms. The second kappa shape index (κ2) is 5.07. The molecule has 4 nitrogen and oxygen atoms in total. The van der Waals surface area contributed by atoms with Gasteiger partial charge in [-0.2, -0.15) is 0 Å². The van der Waals surface area contributed by atoms with E-state index in [1.807, 2.05) is 13.0 Å². The third kappa shape index (κ3) is 3.47. The zero-order chi connectivity index (χ0) is 11.3. The van der Waals surface area contributed by atoms with E-state index in [1.165, 1.54) is 0 Å². The Labute approximate surface area is 91.3 Å². The van der Waals surface area contributed by atoms with Crippen LogP contribution in [0.5, 0.6) is 0 Å². The summed E-state index contributed by atoms with van der Waals surface area (Å²) in [5.74, 6) is 0.875. The van der Waals surface area contributed by atoms with E-state index in [1.54, 1.807) is 6.33 Å². The first kappa shape index (κ1) is 11.9. The minimum Gasteiger partial charge on any atom is -0.365 e. The maximum atomic E-state index is 5.60. The fourth-order valence-electron chi connectivity index (χ4n) is 1.48. The average molecular weight is 208 g/mol. The fraction of sp³-hybridized carbons (Fsp3) is 0.636. The molecule has 0 saturated heterocycles. The van der Waals surface area contributed by atoms with Crippen molar-refractivity contribution in [3.05, 3.63) is 18.1 Å². The summed E-state index contributed by atoms with van der Waals surface area (Å²) < 4.78 is 0. The molecule has 1 unspecified atom stereocenters. The monoisotopic (exact) mass is 208 g/mol. The van der Waals surface area contributed by atoms with Gasteiger partial charge in [-0.3, -0.25) is 0 Å². The molecule has 0 saturated carbocycles. The molecule has 3 N–H and O–H groups in total. The van der Waals surface area contributed by atoms with Crippen molar-refractivity contribution in [1.29, 1.82) is 0 Å². The van der Waals surface area contributed by atoms with Crippen molar-refractivity contribution in [1.82, 2.24) is 9.97 Å². The molecule has 0 aliphatic rings. The van der Waals surface area contributed by atoms with Gasteiger partial charge in [0.2, 0.25) is 0 Å². The number of aryl methyl sites for hydroxylation is 1. The molecule has 0 aromatic carbocycles. The lowest BCUT2D eigenvalue weighted by Crippen LogP contribution is -2.36. The number of nitrogens with two attached hydrogens (primary N) is 1. The number of hydrogen-bond acceptors (Lipinski definition) is 4. The summed E-state index contributed by atoms with van der Waals surface area (Å²) >= 11 is 0. The van der Waals surface area contributed by atoms with Crippen molar-refractivity contribution < 1.29 is 0 Å². The Hall–Kier alpha value is -1.16. The summed E-state index contributed by atoms with van der Waals surface area (Å²) in [6.07, 6.45) is 3.54. The van der Waals surface area contributed by atoms with Gasteiger partial charge in [-0.25, -0.2) is 9.97 Å². The highest BCUT2D eigenvalue weighted by Gasteiger charge is 2.20. The molecule has 15 heavy (non-hydrogen) atoms. The summed E-state index contributed by atoms with van der Waals surface area (Å²) in [5.41, 5.74) is 6.60. The molecule has 0 aliphatic carbocycles. The molecule has 0 aliphatic heterocycles. The predicted molar refractivity (Wildman–Crippen MR) is 62.8 cm³/mol. The van der Waals surface area contributed by atoms with E-state index in [2.05, 4.69) is 29.1 Å². The predicted octanol–water partition coefficient (Wildman–Crippen LogP) is 1.71. The lowest BCUT2D eigenvalue weighted by Gasteiger charge is -2.29. The highest BCUT2D eigenvalue weighted by atomic mass is 15.1. The Balaban J connectivity index is 2.74. The average Bonchev–Trinajstić information content (AvgIpc) is 2.18. The Morgan fingerprint density at radius 3 is 2.73 bits per heavy atom. The van der Waals surface area contributed by atoms with E-state index in [4.69, 9.17) is 5.73 Å². The molecule has 0 radical (unpaired) electrons. The topological polar surface area (TPSA) is 63.8 Å². The maximum absolute atomic E-state index is 5.60. The van der Waals surface area contributed by atoms with Gasteiger partial charge in [-0.15, -0.1) is 0 Å². The molecule has 0 fully saturated rings. The first-order chi connectivity index (χ1) is 7.09. The third-order valence-corrected chi connectivity index (χ3v) is 2.71. The molecule has 4 heteroatoms. The van der Waals surface area contributed by atoms with Gasteiger partial charge in [0.1, 0.15) is 12.1 Å². The quantitative estimate of drug-likeness (QED) is 0.773. The Bertz CT molecular complexity index is 313. The molecule has 1 heterocycles. The Kier molecular flexibility index (Phi) is 4.03. The Morgan fingerprint density at radius 1 is 1.47 bits per heavy atom. The van der Waals surface area contributed by atoms with Crippen LogP contribution >= 0.6 is 0 Å². The van der Waals surface area contributed by atoms with Gasteiger partial charge in [0.25, 0.3) is 0 Å². The van der Waals surface area contributed by atoms with E-state index in [-0.39, 0.29) is 5.54 Å². The van der Waals surface area contributed by atoms with Gasteiger partial charge in [-0.05, 0) is 33.2 Å². The number of hydrogen-bond donors (Lipinski definition) is 2. The molecule has 1 aromatic rings. The summed E-state index contributed by atoms with van der Waals surface area (Å²) in [6, 6.07) is 1.95. The number of anilines is 1. The van der Waals surface area contributed by atoms with E-state index in [9.17, 15) is 0 Å². The van der Waals surface area contributed by atoms with Crippen molar-refractivity contribution in [3.63, 3.8) is 0 Å². The highest BCUT2D eigenvalue weighted by Crippen LogP contribution is 2.19. The van der Waals surface area contributed by atoms with Gasteiger partial charge >= 0.3 is 0 Å². The Morgan fingerprint density at radius 2 is 2.20 bits per heavy atom.